The number of thiazole rings is 1. The molecule has 0 bridgehead atoms. The van der Waals surface area contributed by atoms with E-state index in [0.717, 1.165) is 12.1 Å². The van der Waals surface area contributed by atoms with E-state index in [0.29, 0.717) is 16.3 Å². The number of carbonyl (C=O) groups is 1. The van der Waals surface area contributed by atoms with Crippen molar-refractivity contribution in [1.29, 1.82) is 0 Å². The summed E-state index contributed by atoms with van der Waals surface area (Å²) in [6.45, 7) is 9.24. The van der Waals surface area contributed by atoms with Gasteiger partial charge in [-0.15, -0.1) is 11.3 Å². The highest BCUT2D eigenvalue weighted by Crippen LogP contribution is 2.49. The van der Waals surface area contributed by atoms with Gasteiger partial charge in [-0.05, 0) is 64.8 Å². The zero-order valence-electron chi connectivity index (χ0n) is 19.2. The second-order valence-electron chi connectivity index (χ2n) is 10.7. The van der Waals surface area contributed by atoms with Crippen molar-refractivity contribution in [3.63, 3.8) is 0 Å². The molecule has 0 saturated heterocycles. The number of amides is 1. The number of nitrogens with one attached hydrogen (secondary N) is 1. The smallest absolute Gasteiger partial charge is 0.280 e. The van der Waals surface area contributed by atoms with E-state index in [1.807, 2.05) is 0 Å². The fourth-order valence-corrected chi connectivity index (χ4v) is 5.63. The number of hydrogen-bond donors (Lipinski definition) is 1. The molecule has 2 aliphatic carbocycles. The van der Waals surface area contributed by atoms with Crippen LogP contribution in [0.1, 0.15) is 99.3 Å². The van der Waals surface area contributed by atoms with Crippen LogP contribution in [0.5, 0.6) is 0 Å². The van der Waals surface area contributed by atoms with Gasteiger partial charge in [-0.2, -0.15) is 0 Å². The van der Waals surface area contributed by atoms with E-state index in [1.165, 1.54) is 66.5 Å². The van der Waals surface area contributed by atoms with E-state index in [9.17, 15) is 4.79 Å². The predicted octanol–water partition coefficient (Wildman–Crippen LogP) is 6.64. The minimum atomic E-state index is -0.0718. The van der Waals surface area contributed by atoms with Crippen LogP contribution in [0.3, 0.4) is 0 Å². The van der Waals surface area contributed by atoms with Gasteiger partial charge in [-0.25, -0.2) is 4.98 Å². The Morgan fingerprint density at radius 1 is 1.17 bits per heavy atom. The van der Waals surface area contributed by atoms with Crippen LogP contribution in [-0.2, 0) is 17.3 Å². The number of carbonyl (C=O) groups excluding carboxylic acids is 1. The molecule has 4 rings (SSSR count). The molecule has 1 aromatic heterocycles. The Kier molecular flexibility index (Phi) is 5.82. The van der Waals surface area contributed by atoms with Gasteiger partial charge < -0.3 is 5.32 Å². The summed E-state index contributed by atoms with van der Waals surface area (Å²) < 4.78 is 0. The minimum Gasteiger partial charge on any atom is -0.353 e. The van der Waals surface area contributed by atoms with E-state index in [4.69, 9.17) is 4.98 Å². The molecule has 2 aromatic rings. The van der Waals surface area contributed by atoms with Gasteiger partial charge in [0, 0.05) is 7.05 Å². The van der Waals surface area contributed by atoms with Gasteiger partial charge in [0.2, 0.25) is 0 Å². The maximum absolute atomic E-state index is 12.4. The van der Waals surface area contributed by atoms with Gasteiger partial charge in [0.05, 0.1) is 10.6 Å². The number of nitrogens with zero attached hydrogens (tertiary/aromatic N) is 1. The molecule has 2 aliphatic rings. The lowest BCUT2D eigenvalue weighted by Crippen LogP contribution is -2.17. The average Bonchev–Trinajstić information content (AvgIpc) is 3.34. The minimum absolute atomic E-state index is 0.0718. The highest BCUT2D eigenvalue weighted by Gasteiger charge is 2.40. The second-order valence-corrected chi connectivity index (χ2v) is 11.7. The molecular weight excluding hydrogens is 388 g/mol. The Bertz CT molecular complexity index is 904. The van der Waals surface area contributed by atoms with Crippen molar-refractivity contribution in [3.8, 4) is 10.4 Å². The Morgan fingerprint density at radius 2 is 1.87 bits per heavy atom. The number of rotatable bonds is 5. The number of benzene rings is 1. The predicted molar refractivity (Wildman–Crippen MR) is 127 cm³/mol. The van der Waals surface area contributed by atoms with E-state index in [1.54, 1.807) is 18.4 Å². The number of hydrogen-bond acceptors (Lipinski definition) is 3. The molecule has 2 saturated carbocycles. The molecule has 0 unspecified atom stereocenters. The first-order valence-corrected chi connectivity index (χ1v) is 12.4. The highest BCUT2D eigenvalue weighted by molar-refractivity contribution is 7.17. The van der Waals surface area contributed by atoms with Crippen molar-refractivity contribution in [1.82, 2.24) is 10.3 Å². The third-order valence-electron chi connectivity index (χ3n) is 7.08. The van der Waals surface area contributed by atoms with Crippen LogP contribution in [0.2, 0.25) is 0 Å². The van der Waals surface area contributed by atoms with Crippen LogP contribution in [0, 0.1) is 5.92 Å². The van der Waals surface area contributed by atoms with Crippen LogP contribution in [0.25, 0.3) is 10.4 Å². The van der Waals surface area contributed by atoms with Crippen molar-refractivity contribution in [3.05, 3.63) is 40.0 Å². The number of aromatic nitrogens is 1. The quantitative estimate of drug-likeness (QED) is 0.584. The molecule has 1 heterocycles. The Hall–Kier alpha value is -1.68. The summed E-state index contributed by atoms with van der Waals surface area (Å²) >= 11 is 1.57. The van der Waals surface area contributed by atoms with E-state index in [-0.39, 0.29) is 11.3 Å². The Labute approximate surface area is 185 Å². The van der Waals surface area contributed by atoms with Crippen molar-refractivity contribution in [2.45, 2.75) is 89.9 Å². The first-order chi connectivity index (χ1) is 14.2. The zero-order valence-corrected chi connectivity index (χ0v) is 20.0. The second kappa shape index (κ2) is 8.11. The first-order valence-electron chi connectivity index (χ1n) is 11.6. The Balaban J connectivity index is 1.79. The maximum atomic E-state index is 12.4. The van der Waals surface area contributed by atoms with Gasteiger partial charge in [0.25, 0.3) is 5.91 Å². The first kappa shape index (κ1) is 21.5. The Morgan fingerprint density at radius 3 is 2.47 bits per heavy atom. The van der Waals surface area contributed by atoms with Crippen LogP contribution in [-0.4, -0.2) is 17.9 Å². The molecule has 1 amide bonds. The molecule has 2 fully saturated rings. The molecule has 0 radical (unpaired) electrons. The topological polar surface area (TPSA) is 42.0 Å². The lowest BCUT2D eigenvalue weighted by atomic mass is 9.82. The molecule has 3 nitrogen and oxygen atoms in total. The van der Waals surface area contributed by atoms with Crippen LogP contribution >= 0.6 is 11.3 Å². The summed E-state index contributed by atoms with van der Waals surface area (Å²) in [5, 5.41) is 3.36. The van der Waals surface area contributed by atoms with Gasteiger partial charge in [-0.3, -0.25) is 4.79 Å². The van der Waals surface area contributed by atoms with Gasteiger partial charge in [0.1, 0.15) is 0 Å². The standard InChI is InChI=1S/C26H36N2OS/c1-25(2,3)19-14-18(15-20(16-19)26(4)11-12-26)22-21(13-17-9-7-6-8-10-17)28-24(30-22)23(29)27-5/h14-17H,6-13H2,1-5H3,(H,27,29). The summed E-state index contributed by atoms with van der Waals surface area (Å²) in [7, 11) is 1.69. The van der Waals surface area contributed by atoms with Crippen molar-refractivity contribution < 1.29 is 4.79 Å². The fourth-order valence-electron chi connectivity index (χ4n) is 4.60. The van der Waals surface area contributed by atoms with Crippen molar-refractivity contribution >= 4 is 17.2 Å². The zero-order chi connectivity index (χ0) is 21.5. The van der Waals surface area contributed by atoms with E-state index < -0.39 is 0 Å². The highest BCUT2D eigenvalue weighted by atomic mass is 32.1. The monoisotopic (exact) mass is 424 g/mol. The van der Waals surface area contributed by atoms with Gasteiger partial charge in [-0.1, -0.05) is 65.9 Å². The molecule has 0 atom stereocenters. The average molecular weight is 425 g/mol. The van der Waals surface area contributed by atoms with Crippen LogP contribution in [0.15, 0.2) is 18.2 Å². The maximum Gasteiger partial charge on any atom is 0.280 e. The van der Waals surface area contributed by atoms with Crippen LogP contribution < -0.4 is 5.32 Å². The summed E-state index contributed by atoms with van der Waals surface area (Å²) in [5.74, 6) is 0.626. The third-order valence-corrected chi connectivity index (χ3v) is 8.23. The summed E-state index contributed by atoms with van der Waals surface area (Å²) in [4.78, 5) is 18.5. The van der Waals surface area contributed by atoms with Crippen LogP contribution in [0.4, 0.5) is 0 Å². The fraction of sp³-hybridized carbons (Fsp3) is 0.615. The molecular formula is C26H36N2OS. The lowest BCUT2D eigenvalue weighted by molar-refractivity contribution is 0.0962. The molecule has 162 valence electrons. The van der Waals surface area contributed by atoms with Gasteiger partial charge in [0.15, 0.2) is 5.01 Å². The molecule has 1 N–H and O–H groups in total. The summed E-state index contributed by atoms with van der Waals surface area (Å²) in [6.07, 6.45) is 10.1. The SMILES string of the molecule is CNC(=O)c1nc(CC2CCCCC2)c(-c2cc(C(C)(C)C)cc(C3(C)CC3)c2)s1. The molecule has 0 aliphatic heterocycles. The molecule has 4 heteroatoms. The van der Waals surface area contributed by atoms with Crippen molar-refractivity contribution in [2.75, 3.05) is 7.05 Å². The van der Waals surface area contributed by atoms with E-state index in [2.05, 4.69) is 51.2 Å². The summed E-state index contributed by atoms with van der Waals surface area (Å²) in [5.41, 5.74) is 5.61. The summed E-state index contributed by atoms with van der Waals surface area (Å²) in [6, 6.07) is 7.15. The molecule has 0 spiro atoms. The third kappa shape index (κ3) is 4.49. The van der Waals surface area contributed by atoms with E-state index >= 15 is 0 Å². The normalized spacial score (nSPS) is 19.0. The van der Waals surface area contributed by atoms with Gasteiger partial charge >= 0.3 is 0 Å². The van der Waals surface area contributed by atoms with Crippen molar-refractivity contribution in [2.24, 2.45) is 5.92 Å². The lowest BCUT2D eigenvalue weighted by Gasteiger charge is -2.24. The molecule has 1 aromatic carbocycles. The largest absolute Gasteiger partial charge is 0.353 e. The molecule has 30 heavy (non-hydrogen) atoms.